The van der Waals surface area contributed by atoms with Gasteiger partial charge in [-0.2, -0.15) is 0 Å². The number of hydrogen-bond donors (Lipinski definition) is 0. The van der Waals surface area contributed by atoms with Crippen molar-refractivity contribution in [3.8, 4) is 22.8 Å². The molecular formula is C23H23N5O5. The second-order valence-corrected chi connectivity index (χ2v) is 7.43. The van der Waals surface area contributed by atoms with Gasteiger partial charge < -0.3 is 19.3 Å². The van der Waals surface area contributed by atoms with E-state index in [9.17, 15) is 14.9 Å². The molecule has 2 heterocycles. The second kappa shape index (κ2) is 9.51. The number of non-ortho nitro benzene ring substituents is 1. The van der Waals surface area contributed by atoms with E-state index in [4.69, 9.17) is 9.47 Å². The molecule has 0 unspecified atom stereocenters. The lowest BCUT2D eigenvalue weighted by Crippen LogP contribution is -2.49. The molecule has 10 heteroatoms. The summed E-state index contributed by atoms with van der Waals surface area (Å²) in [5, 5.41) is 19.5. The summed E-state index contributed by atoms with van der Waals surface area (Å²) in [7, 11) is 3.21. The zero-order valence-electron chi connectivity index (χ0n) is 18.3. The van der Waals surface area contributed by atoms with E-state index in [1.807, 2.05) is 30.3 Å². The van der Waals surface area contributed by atoms with Crippen molar-refractivity contribution in [2.75, 3.05) is 45.3 Å². The maximum absolute atomic E-state index is 12.7. The molecule has 170 valence electrons. The van der Waals surface area contributed by atoms with Gasteiger partial charge in [0.1, 0.15) is 11.5 Å². The fourth-order valence-electron chi connectivity index (χ4n) is 3.70. The van der Waals surface area contributed by atoms with Crippen LogP contribution in [0.1, 0.15) is 10.4 Å². The van der Waals surface area contributed by atoms with Crippen LogP contribution in [-0.4, -0.2) is 66.3 Å². The van der Waals surface area contributed by atoms with Gasteiger partial charge in [-0.05, 0) is 42.5 Å². The number of nitro groups is 1. The van der Waals surface area contributed by atoms with E-state index in [1.54, 1.807) is 19.1 Å². The number of rotatable bonds is 6. The minimum atomic E-state index is -0.482. The summed E-state index contributed by atoms with van der Waals surface area (Å²) >= 11 is 0. The molecule has 3 aromatic rings. The Labute approximate surface area is 190 Å². The SMILES string of the molecule is COc1ccc(OC)c(-c2ccc(N3CCN(C(=O)c4ccc([N+](=O)[O-])cc4)CC3)nn2)c1. The van der Waals surface area contributed by atoms with E-state index in [0.717, 1.165) is 11.4 Å². The van der Waals surface area contributed by atoms with E-state index in [2.05, 4.69) is 15.1 Å². The second-order valence-electron chi connectivity index (χ2n) is 7.43. The molecule has 0 N–H and O–H groups in total. The number of ether oxygens (including phenoxy) is 2. The van der Waals surface area contributed by atoms with E-state index < -0.39 is 4.92 Å². The van der Waals surface area contributed by atoms with Crippen molar-refractivity contribution in [3.63, 3.8) is 0 Å². The monoisotopic (exact) mass is 449 g/mol. The Kier molecular flexibility index (Phi) is 6.34. The van der Waals surface area contributed by atoms with E-state index in [1.165, 1.54) is 24.3 Å². The van der Waals surface area contributed by atoms with Crippen molar-refractivity contribution in [1.82, 2.24) is 15.1 Å². The topological polar surface area (TPSA) is 111 Å². The zero-order valence-corrected chi connectivity index (χ0v) is 18.3. The highest BCUT2D eigenvalue weighted by Crippen LogP contribution is 2.32. The smallest absolute Gasteiger partial charge is 0.269 e. The zero-order chi connectivity index (χ0) is 23.4. The molecule has 1 amide bonds. The number of methoxy groups -OCH3 is 2. The lowest BCUT2D eigenvalue weighted by Gasteiger charge is -2.35. The van der Waals surface area contributed by atoms with Crippen LogP contribution in [0.15, 0.2) is 54.6 Å². The first-order chi connectivity index (χ1) is 16.0. The van der Waals surface area contributed by atoms with Gasteiger partial charge in [0.15, 0.2) is 5.82 Å². The number of carbonyl (C=O) groups is 1. The van der Waals surface area contributed by atoms with Crippen molar-refractivity contribution in [2.24, 2.45) is 0 Å². The third-order valence-corrected chi connectivity index (χ3v) is 5.55. The van der Waals surface area contributed by atoms with Gasteiger partial charge in [-0.25, -0.2) is 0 Å². The lowest BCUT2D eigenvalue weighted by atomic mass is 10.1. The summed E-state index contributed by atoms with van der Waals surface area (Å²) in [6.07, 6.45) is 0. The van der Waals surface area contributed by atoms with Gasteiger partial charge in [0.25, 0.3) is 11.6 Å². The summed E-state index contributed by atoms with van der Waals surface area (Å²) in [5.41, 5.74) is 1.85. The number of anilines is 1. The molecule has 1 saturated heterocycles. The van der Waals surface area contributed by atoms with Crippen molar-refractivity contribution in [3.05, 3.63) is 70.3 Å². The molecular weight excluding hydrogens is 426 g/mol. The highest BCUT2D eigenvalue weighted by Gasteiger charge is 2.23. The van der Waals surface area contributed by atoms with Crippen LogP contribution in [0.25, 0.3) is 11.3 Å². The summed E-state index contributed by atoms with van der Waals surface area (Å²) in [6, 6.07) is 14.9. The summed E-state index contributed by atoms with van der Waals surface area (Å²) in [5.74, 6) is 1.96. The average Bonchev–Trinajstić information content (AvgIpc) is 2.88. The molecule has 1 fully saturated rings. The molecule has 0 bridgehead atoms. The van der Waals surface area contributed by atoms with Crippen LogP contribution in [0, 0.1) is 10.1 Å². The standard InChI is InChI=1S/C23H23N5O5/c1-32-18-7-9-21(33-2)19(15-18)20-8-10-22(25-24-20)26-11-13-27(14-12-26)23(29)16-3-5-17(6-4-16)28(30)31/h3-10,15H,11-14H2,1-2H3. The highest BCUT2D eigenvalue weighted by molar-refractivity contribution is 5.94. The van der Waals surface area contributed by atoms with Crippen molar-refractivity contribution < 1.29 is 19.2 Å². The molecule has 0 aliphatic carbocycles. The molecule has 2 aromatic carbocycles. The minimum Gasteiger partial charge on any atom is -0.497 e. The number of piperazine rings is 1. The molecule has 0 saturated carbocycles. The quantitative estimate of drug-likeness (QED) is 0.417. The van der Waals surface area contributed by atoms with Crippen molar-refractivity contribution in [2.45, 2.75) is 0 Å². The van der Waals surface area contributed by atoms with Crippen LogP contribution in [0.4, 0.5) is 11.5 Å². The van der Waals surface area contributed by atoms with Gasteiger partial charge in [-0.3, -0.25) is 14.9 Å². The third kappa shape index (κ3) is 4.69. The molecule has 1 aliphatic rings. The maximum atomic E-state index is 12.7. The van der Waals surface area contributed by atoms with Crippen LogP contribution in [0.5, 0.6) is 11.5 Å². The summed E-state index contributed by atoms with van der Waals surface area (Å²) in [4.78, 5) is 26.8. The predicted octanol–water partition coefficient (Wildman–Crippen LogP) is 3.03. The van der Waals surface area contributed by atoms with Crippen LogP contribution in [0.3, 0.4) is 0 Å². The number of nitrogens with zero attached hydrogens (tertiary/aromatic N) is 5. The van der Waals surface area contributed by atoms with Crippen molar-refractivity contribution in [1.29, 1.82) is 0 Å². The molecule has 1 aromatic heterocycles. The Morgan fingerprint density at radius 1 is 0.939 bits per heavy atom. The Hall–Kier alpha value is -4.21. The molecule has 0 spiro atoms. The highest BCUT2D eigenvalue weighted by atomic mass is 16.6. The first kappa shape index (κ1) is 22.0. The Morgan fingerprint density at radius 3 is 2.24 bits per heavy atom. The number of aromatic nitrogens is 2. The molecule has 4 rings (SSSR count). The normalized spacial score (nSPS) is 13.5. The number of amides is 1. The van der Waals surface area contributed by atoms with Gasteiger partial charge in [-0.1, -0.05) is 0 Å². The fraction of sp³-hybridized carbons (Fsp3) is 0.261. The molecule has 0 atom stereocenters. The Bertz CT molecular complexity index is 1140. The number of benzene rings is 2. The summed E-state index contributed by atoms with van der Waals surface area (Å²) in [6.45, 7) is 2.25. The minimum absolute atomic E-state index is 0.0371. The van der Waals surface area contributed by atoms with Crippen LogP contribution in [-0.2, 0) is 0 Å². The number of carbonyl (C=O) groups excluding carboxylic acids is 1. The summed E-state index contributed by atoms with van der Waals surface area (Å²) < 4.78 is 10.7. The largest absolute Gasteiger partial charge is 0.497 e. The predicted molar refractivity (Wildman–Crippen MR) is 122 cm³/mol. The molecule has 1 aliphatic heterocycles. The van der Waals surface area contributed by atoms with Crippen LogP contribution in [0.2, 0.25) is 0 Å². The first-order valence-corrected chi connectivity index (χ1v) is 10.3. The van der Waals surface area contributed by atoms with E-state index >= 15 is 0 Å². The number of nitro benzene ring substituents is 1. The fourth-order valence-corrected chi connectivity index (χ4v) is 3.70. The van der Waals surface area contributed by atoms with Crippen LogP contribution >= 0.6 is 0 Å². The van der Waals surface area contributed by atoms with E-state index in [-0.39, 0.29) is 11.6 Å². The van der Waals surface area contributed by atoms with Crippen LogP contribution < -0.4 is 14.4 Å². The number of hydrogen-bond acceptors (Lipinski definition) is 8. The molecule has 0 radical (unpaired) electrons. The van der Waals surface area contributed by atoms with Gasteiger partial charge in [0, 0.05) is 49.4 Å². The van der Waals surface area contributed by atoms with Gasteiger partial charge in [0.05, 0.1) is 24.8 Å². The Balaban J connectivity index is 1.41. The average molecular weight is 449 g/mol. The van der Waals surface area contributed by atoms with E-state index in [0.29, 0.717) is 48.9 Å². The van der Waals surface area contributed by atoms with Gasteiger partial charge in [0.2, 0.25) is 0 Å². The third-order valence-electron chi connectivity index (χ3n) is 5.55. The molecule has 10 nitrogen and oxygen atoms in total. The maximum Gasteiger partial charge on any atom is 0.269 e. The first-order valence-electron chi connectivity index (χ1n) is 10.3. The lowest BCUT2D eigenvalue weighted by molar-refractivity contribution is -0.384. The van der Waals surface area contributed by atoms with Crippen molar-refractivity contribution >= 4 is 17.4 Å². The van der Waals surface area contributed by atoms with Gasteiger partial charge >= 0.3 is 0 Å². The van der Waals surface area contributed by atoms with Gasteiger partial charge in [-0.15, -0.1) is 10.2 Å². The molecule has 33 heavy (non-hydrogen) atoms. The Morgan fingerprint density at radius 2 is 1.67 bits per heavy atom.